The van der Waals surface area contributed by atoms with Crippen LogP contribution in [0.5, 0.6) is 0 Å². The first-order valence-electron chi connectivity index (χ1n) is 9.49. The summed E-state index contributed by atoms with van der Waals surface area (Å²) < 4.78 is 25.4. The number of anilines is 2. The topological polar surface area (TPSA) is 81.1 Å². The van der Waals surface area contributed by atoms with Crippen LogP contribution in [-0.2, 0) is 9.59 Å². The molecule has 0 aliphatic heterocycles. The van der Waals surface area contributed by atoms with Crippen molar-refractivity contribution in [3.63, 3.8) is 0 Å². The molecule has 6 nitrogen and oxygen atoms in total. The van der Waals surface area contributed by atoms with Gasteiger partial charge < -0.3 is 20.0 Å². The lowest BCUT2D eigenvalue weighted by atomic mass is 10.2. The molecule has 0 radical (unpaired) electrons. The Hall–Kier alpha value is -2.84. The molecule has 0 aliphatic rings. The van der Waals surface area contributed by atoms with Crippen LogP contribution in [0, 0.1) is 11.6 Å². The minimum atomic E-state index is -0.546. The van der Waals surface area contributed by atoms with Gasteiger partial charge in [-0.15, -0.1) is 0 Å². The summed E-state index contributed by atoms with van der Waals surface area (Å²) in [6, 6.07) is 11.1. The number of hydrogen-bond donors (Lipinski definition) is 2. The number of aliphatic hydroxyl groups excluding tert-OH is 2. The second-order valence-electron chi connectivity index (χ2n) is 6.98. The Labute approximate surface area is 175 Å². The number of aliphatic hydroxyl groups is 2. The van der Waals surface area contributed by atoms with Crippen molar-refractivity contribution < 1.29 is 28.6 Å². The van der Waals surface area contributed by atoms with Crippen molar-refractivity contribution >= 4 is 23.2 Å². The molecule has 164 valence electrons. The van der Waals surface area contributed by atoms with E-state index < -0.39 is 25.0 Å². The number of carbonyl (C=O) groups excluding carboxylic acids is 2. The predicted molar refractivity (Wildman–Crippen MR) is 112 cm³/mol. The van der Waals surface area contributed by atoms with Crippen molar-refractivity contribution in [1.82, 2.24) is 0 Å². The minimum Gasteiger partial charge on any atom is -0.387 e. The Morgan fingerprint density at radius 1 is 0.700 bits per heavy atom. The average Bonchev–Trinajstić information content (AvgIpc) is 2.71. The maximum absolute atomic E-state index is 12.7. The normalized spacial score (nSPS) is 10.5. The second kappa shape index (κ2) is 12.0. The average molecular weight is 422 g/mol. The Morgan fingerprint density at radius 3 is 1.17 bits per heavy atom. The largest absolute Gasteiger partial charge is 0.387 e. The van der Waals surface area contributed by atoms with E-state index in [9.17, 15) is 18.4 Å². The first-order chi connectivity index (χ1) is 14.1. The van der Waals surface area contributed by atoms with E-state index in [1.165, 1.54) is 58.3 Å². The summed E-state index contributed by atoms with van der Waals surface area (Å²) in [5.41, 5.74) is 1.18. The lowest BCUT2D eigenvalue weighted by molar-refractivity contribution is -0.122. The summed E-state index contributed by atoms with van der Waals surface area (Å²) in [5.74, 6) is -1.48. The number of carbonyl (C=O) groups is 2. The van der Waals surface area contributed by atoms with Crippen molar-refractivity contribution in [2.45, 2.75) is 39.8 Å². The highest BCUT2D eigenvalue weighted by Crippen LogP contribution is 2.18. The highest BCUT2D eigenvalue weighted by molar-refractivity contribution is 5.95. The Balaban J connectivity index is 0.000000300. The zero-order valence-corrected chi connectivity index (χ0v) is 17.5. The zero-order valence-electron chi connectivity index (χ0n) is 17.5. The summed E-state index contributed by atoms with van der Waals surface area (Å²) in [7, 11) is 0. The van der Waals surface area contributed by atoms with Crippen LogP contribution in [0.1, 0.15) is 27.7 Å². The molecular weight excluding hydrogens is 394 g/mol. The monoisotopic (exact) mass is 422 g/mol. The van der Waals surface area contributed by atoms with Crippen LogP contribution in [0.2, 0.25) is 0 Å². The molecule has 2 amide bonds. The molecule has 0 unspecified atom stereocenters. The number of benzene rings is 2. The Kier molecular flexibility index (Phi) is 10.1. The van der Waals surface area contributed by atoms with Crippen LogP contribution in [0.3, 0.4) is 0 Å². The molecule has 2 rings (SSSR count). The van der Waals surface area contributed by atoms with Gasteiger partial charge in [0.2, 0.25) is 0 Å². The van der Waals surface area contributed by atoms with Crippen molar-refractivity contribution in [2.24, 2.45) is 0 Å². The highest BCUT2D eigenvalue weighted by atomic mass is 19.1. The smallest absolute Gasteiger partial charge is 0.252 e. The van der Waals surface area contributed by atoms with Crippen LogP contribution in [-0.4, -0.2) is 47.3 Å². The quantitative estimate of drug-likeness (QED) is 0.750. The van der Waals surface area contributed by atoms with Gasteiger partial charge >= 0.3 is 0 Å². The molecule has 0 bridgehead atoms. The van der Waals surface area contributed by atoms with E-state index >= 15 is 0 Å². The summed E-state index contributed by atoms with van der Waals surface area (Å²) in [6.45, 7) is 6.23. The van der Waals surface area contributed by atoms with Crippen molar-refractivity contribution in [3.05, 3.63) is 60.2 Å². The molecule has 0 aromatic heterocycles. The molecule has 2 N–H and O–H groups in total. The first-order valence-corrected chi connectivity index (χ1v) is 9.49. The SMILES string of the molecule is CC(C)N(C(=O)CO)c1ccc(F)cc1.CC(C)N(C(=O)CO)c1ccc(F)cc1. The van der Waals surface area contributed by atoms with Crippen molar-refractivity contribution in [2.75, 3.05) is 23.0 Å². The highest BCUT2D eigenvalue weighted by Gasteiger charge is 2.18. The van der Waals surface area contributed by atoms with Crippen LogP contribution in [0.15, 0.2) is 48.5 Å². The van der Waals surface area contributed by atoms with Crippen LogP contribution in [0.4, 0.5) is 20.2 Å². The summed E-state index contributed by atoms with van der Waals surface area (Å²) in [4.78, 5) is 25.7. The van der Waals surface area contributed by atoms with Crippen LogP contribution < -0.4 is 9.80 Å². The molecule has 8 heteroatoms. The van der Waals surface area contributed by atoms with E-state index in [4.69, 9.17) is 10.2 Å². The van der Waals surface area contributed by atoms with Gasteiger partial charge in [0.25, 0.3) is 11.8 Å². The van der Waals surface area contributed by atoms with Gasteiger partial charge in [0, 0.05) is 23.5 Å². The maximum Gasteiger partial charge on any atom is 0.252 e. The van der Waals surface area contributed by atoms with Crippen molar-refractivity contribution in [1.29, 1.82) is 0 Å². The van der Waals surface area contributed by atoms with Gasteiger partial charge in [-0.3, -0.25) is 9.59 Å². The third-order valence-electron chi connectivity index (χ3n) is 4.05. The second-order valence-corrected chi connectivity index (χ2v) is 6.98. The molecular formula is C22H28F2N2O4. The number of rotatable bonds is 6. The third kappa shape index (κ3) is 7.20. The maximum atomic E-state index is 12.7. The van der Waals surface area contributed by atoms with Gasteiger partial charge in [-0.05, 0) is 76.2 Å². The van der Waals surface area contributed by atoms with E-state index in [-0.39, 0.29) is 23.7 Å². The molecule has 30 heavy (non-hydrogen) atoms. The molecule has 0 fully saturated rings. The Bertz CT molecular complexity index is 739. The van der Waals surface area contributed by atoms with E-state index in [2.05, 4.69) is 0 Å². The number of amides is 2. The van der Waals surface area contributed by atoms with E-state index in [1.807, 2.05) is 27.7 Å². The van der Waals surface area contributed by atoms with E-state index in [1.54, 1.807) is 0 Å². The number of hydrogen-bond acceptors (Lipinski definition) is 4. The number of nitrogens with zero attached hydrogens (tertiary/aromatic N) is 2. The van der Waals surface area contributed by atoms with E-state index in [0.717, 1.165) is 0 Å². The summed E-state index contributed by atoms with van der Waals surface area (Å²) in [5, 5.41) is 17.6. The van der Waals surface area contributed by atoms with Gasteiger partial charge in [0.1, 0.15) is 24.8 Å². The molecule has 2 aromatic rings. The minimum absolute atomic E-state index is 0.0740. The Morgan fingerprint density at radius 2 is 0.967 bits per heavy atom. The van der Waals surface area contributed by atoms with Crippen molar-refractivity contribution in [3.8, 4) is 0 Å². The molecule has 0 aliphatic carbocycles. The predicted octanol–water partition coefficient (Wildman–Crippen LogP) is 3.12. The molecule has 2 aromatic carbocycles. The fourth-order valence-electron chi connectivity index (χ4n) is 2.82. The third-order valence-corrected chi connectivity index (χ3v) is 4.05. The molecule has 0 atom stereocenters. The first kappa shape index (κ1) is 25.2. The van der Waals surface area contributed by atoms with Crippen LogP contribution >= 0.6 is 0 Å². The number of halogens is 2. The van der Waals surface area contributed by atoms with Gasteiger partial charge in [-0.2, -0.15) is 0 Å². The van der Waals surface area contributed by atoms with Gasteiger partial charge in [0.05, 0.1) is 0 Å². The molecule has 0 saturated carbocycles. The van der Waals surface area contributed by atoms with Gasteiger partial charge in [-0.1, -0.05) is 0 Å². The standard InChI is InChI=1S/2C11H14FNO2/c2*1-8(2)13(11(15)7-14)10-5-3-9(12)4-6-10/h2*3-6,8,14H,7H2,1-2H3. The fraction of sp³-hybridized carbons (Fsp3) is 0.364. The molecule has 0 spiro atoms. The van der Waals surface area contributed by atoms with Gasteiger partial charge in [0.15, 0.2) is 0 Å². The van der Waals surface area contributed by atoms with E-state index in [0.29, 0.717) is 11.4 Å². The molecule has 0 heterocycles. The fourth-order valence-corrected chi connectivity index (χ4v) is 2.82. The van der Waals surface area contributed by atoms with Gasteiger partial charge in [-0.25, -0.2) is 8.78 Å². The molecule has 0 saturated heterocycles. The lowest BCUT2D eigenvalue weighted by Gasteiger charge is -2.26. The lowest BCUT2D eigenvalue weighted by Crippen LogP contribution is -2.38. The van der Waals surface area contributed by atoms with Crippen LogP contribution in [0.25, 0.3) is 0 Å². The zero-order chi connectivity index (χ0) is 22.8. The summed E-state index contributed by atoms with van der Waals surface area (Å²) in [6.07, 6.45) is 0. The summed E-state index contributed by atoms with van der Waals surface area (Å²) >= 11 is 0.